The van der Waals surface area contributed by atoms with Crippen molar-refractivity contribution >= 4 is 28.3 Å². The van der Waals surface area contributed by atoms with Crippen LogP contribution in [-0.4, -0.2) is 35.4 Å². The Bertz CT molecular complexity index is 1230. The number of nitrogens with zero attached hydrogens (tertiary/aromatic N) is 6. The van der Waals surface area contributed by atoms with Crippen molar-refractivity contribution in [2.45, 2.75) is 19.9 Å². The number of non-ortho nitro benzene ring substituents is 1. The number of carbonyl (C=O) groups excluding carboxylic acids is 1. The van der Waals surface area contributed by atoms with Crippen LogP contribution in [-0.2, 0) is 0 Å². The van der Waals surface area contributed by atoms with Crippen LogP contribution >= 0.6 is 0 Å². The maximum Gasteiger partial charge on any atom is 0.276 e. The number of amides is 1. The number of pyridine rings is 1. The molecule has 1 amide bonds. The molecule has 10 heteroatoms. The largest absolute Gasteiger partial charge is 0.319 e. The molecule has 1 N–H and O–H groups in total. The fourth-order valence-corrected chi connectivity index (χ4v) is 2.92. The van der Waals surface area contributed by atoms with Crippen LogP contribution in [0.4, 0.5) is 11.4 Å². The predicted molar refractivity (Wildman–Crippen MR) is 106 cm³/mol. The average molecular weight is 391 g/mol. The molecule has 0 spiro atoms. The summed E-state index contributed by atoms with van der Waals surface area (Å²) in [4.78, 5) is 27.4. The summed E-state index contributed by atoms with van der Waals surface area (Å²) in [6.45, 7) is 4.03. The van der Waals surface area contributed by atoms with Gasteiger partial charge in [0.25, 0.3) is 11.6 Å². The number of hydrogen-bond donors (Lipinski definition) is 1. The average Bonchev–Trinajstić information content (AvgIpc) is 3.35. The second-order valence-electron chi connectivity index (χ2n) is 6.70. The Morgan fingerprint density at radius 3 is 2.79 bits per heavy atom. The lowest BCUT2D eigenvalue weighted by molar-refractivity contribution is -0.384. The first-order valence-corrected chi connectivity index (χ1v) is 8.87. The molecule has 10 nitrogen and oxygen atoms in total. The summed E-state index contributed by atoms with van der Waals surface area (Å²) < 4.78 is 3.22. The summed E-state index contributed by atoms with van der Waals surface area (Å²) in [5.74, 6) is -0.411. The van der Waals surface area contributed by atoms with Gasteiger partial charge in [-0.1, -0.05) is 6.07 Å². The number of nitro groups is 1. The number of anilines is 1. The fraction of sp³-hybridized carbons (Fsp3) is 0.158. The molecule has 0 atom stereocenters. The van der Waals surface area contributed by atoms with Crippen LogP contribution in [0.2, 0.25) is 0 Å². The first-order valence-electron chi connectivity index (χ1n) is 8.87. The molecule has 0 aliphatic heterocycles. The highest BCUT2D eigenvalue weighted by atomic mass is 16.6. The highest BCUT2D eigenvalue weighted by Gasteiger charge is 2.14. The summed E-state index contributed by atoms with van der Waals surface area (Å²) in [5.41, 5.74) is 1.88. The fourth-order valence-electron chi connectivity index (χ4n) is 2.92. The third-order valence-electron chi connectivity index (χ3n) is 4.31. The molecular formula is C19H17N7O3. The zero-order valence-corrected chi connectivity index (χ0v) is 15.7. The second-order valence-corrected chi connectivity index (χ2v) is 6.70. The minimum Gasteiger partial charge on any atom is -0.319 e. The Morgan fingerprint density at radius 1 is 1.21 bits per heavy atom. The lowest BCUT2D eigenvalue weighted by Gasteiger charge is -2.07. The molecule has 0 radical (unpaired) electrons. The monoisotopic (exact) mass is 391 g/mol. The van der Waals surface area contributed by atoms with Crippen LogP contribution < -0.4 is 5.32 Å². The number of aromatic nitrogens is 5. The quantitative estimate of drug-likeness (QED) is 0.411. The van der Waals surface area contributed by atoms with Gasteiger partial charge < -0.3 is 5.32 Å². The number of carbonyl (C=O) groups is 1. The van der Waals surface area contributed by atoms with E-state index in [1.165, 1.54) is 22.9 Å². The van der Waals surface area contributed by atoms with Crippen LogP contribution in [0.1, 0.15) is 30.4 Å². The summed E-state index contributed by atoms with van der Waals surface area (Å²) >= 11 is 0. The molecule has 1 aromatic carbocycles. The molecule has 0 bridgehead atoms. The lowest BCUT2D eigenvalue weighted by Crippen LogP contribution is -2.13. The van der Waals surface area contributed by atoms with Crippen molar-refractivity contribution in [3.63, 3.8) is 0 Å². The van der Waals surface area contributed by atoms with E-state index in [9.17, 15) is 14.9 Å². The van der Waals surface area contributed by atoms with E-state index in [-0.39, 0.29) is 17.4 Å². The molecule has 0 aliphatic carbocycles. The molecular weight excluding hydrogens is 374 g/mol. The Hall–Kier alpha value is -4.08. The molecule has 0 saturated heterocycles. The molecule has 4 rings (SSSR count). The van der Waals surface area contributed by atoms with E-state index in [0.29, 0.717) is 11.4 Å². The number of nitrogens with one attached hydrogen (secondary N) is 1. The van der Waals surface area contributed by atoms with Gasteiger partial charge in [-0.15, -0.1) is 0 Å². The van der Waals surface area contributed by atoms with E-state index in [4.69, 9.17) is 0 Å². The van der Waals surface area contributed by atoms with Crippen LogP contribution in [0, 0.1) is 10.1 Å². The van der Waals surface area contributed by atoms with Crippen molar-refractivity contribution < 1.29 is 9.72 Å². The van der Waals surface area contributed by atoms with E-state index < -0.39 is 10.8 Å². The minimum atomic E-state index is -0.481. The van der Waals surface area contributed by atoms with E-state index in [0.717, 1.165) is 11.0 Å². The molecule has 0 saturated carbocycles. The van der Waals surface area contributed by atoms with Gasteiger partial charge >= 0.3 is 0 Å². The van der Waals surface area contributed by atoms with Gasteiger partial charge in [0.05, 0.1) is 28.7 Å². The van der Waals surface area contributed by atoms with Crippen molar-refractivity contribution in [1.82, 2.24) is 24.5 Å². The maximum atomic E-state index is 12.5. The van der Waals surface area contributed by atoms with Crippen molar-refractivity contribution in [2.75, 3.05) is 5.32 Å². The molecule has 3 aromatic heterocycles. The Morgan fingerprint density at radius 2 is 2.03 bits per heavy atom. The summed E-state index contributed by atoms with van der Waals surface area (Å²) in [5, 5.41) is 23.0. The van der Waals surface area contributed by atoms with Gasteiger partial charge in [0.15, 0.2) is 11.3 Å². The molecule has 0 fully saturated rings. The first-order chi connectivity index (χ1) is 13.9. The van der Waals surface area contributed by atoms with Crippen molar-refractivity contribution in [1.29, 1.82) is 0 Å². The zero-order valence-electron chi connectivity index (χ0n) is 15.7. The first kappa shape index (κ1) is 18.3. The van der Waals surface area contributed by atoms with Crippen LogP contribution in [0.15, 0.2) is 55.0 Å². The van der Waals surface area contributed by atoms with E-state index in [1.54, 1.807) is 36.8 Å². The van der Waals surface area contributed by atoms with Gasteiger partial charge in [0, 0.05) is 29.8 Å². The van der Waals surface area contributed by atoms with Crippen molar-refractivity contribution in [3.05, 3.63) is 70.8 Å². The van der Waals surface area contributed by atoms with Gasteiger partial charge in [-0.3, -0.25) is 14.9 Å². The normalized spacial score (nSPS) is 11.1. The predicted octanol–water partition coefficient (Wildman–Crippen LogP) is 3.36. The zero-order chi connectivity index (χ0) is 20.5. The topological polar surface area (TPSA) is 121 Å². The summed E-state index contributed by atoms with van der Waals surface area (Å²) in [6.07, 6.45) is 4.84. The third-order valence-corrected chi connectivity index (χ3v) is 4.31. The van der Waals surface area contributed by atoms with Gasteiger partial charge in [-0.05, 0) is 32.0 Å². The molecule has 29 heavy (non-hydrogen) atoms. The summed E-state index contributed by atoms with van der Waals surface area (Å²) in [6, 6.07) is 9.53. The second kappa shape index (κ2) is 7.15. The molecule has 0 unspecified atom stereocenters. The van der Waals surface area contributed by atoms with Gasteiger partial charge in [-0.25, -0.2) is 14.3 Å². The molecule has 3 heterocycles. The molecule has 0 aliphatic rings. The SMILES string of the molecule is CC(C)n1ncc2cc(NC(=O)c3ccn(-c4cccc([N+](=O)[O-])c4)n3)cnc21. The number of rotatable bonds is 5. The number of fused-ring (bicyclic) bond motifs is 1. The van der Waals surface area contributed by atoms with E-state index in [2.05, 4.69) is 20.5 Å². The van der Waals surface area contributed by atoms with Gasteiger partial charge in [0.2, 0.25) is 0 Å². The van der Waals surface area contributed by atoms with Gasteiger partial charge in [0.1, 0.15) is 0 Å². The van der Waals surface area contributed by atoms with Crippen LogP contribution in [0.5, 0.6) is 0 Å². The number of hydrogen-bond acceptors (Lipinski definition) is 6. The van der Waals surface area contributed by atoms with Crippen molar-refractivity contribution in [3.8, 4) is 5.69 Å². The van der Waals surface area contributed by atoms with E-state index >= 15 is 0 Å². The molecule has 146 valence electrons. The van der Waals surface area contributed by atoms with E-state index in [1.807, 2.05) is 18.5 Å². The van der Waals surface area contributed by atoms with Crippen molar-refractivity contribution in [2.24, 2.45) is 0 Å². The minimum absolute atomic E-state index is 0.0506. The smallest absolute Gasteiger partial charge is 0.276 e. The standard InChI is InChI=1S/C19H17N7O3/c1-12(2)25-18-13(10-21-25)8-14(11-20-18)22-19(27)17-6-7-24(23-17)15-4-3-5-16(9-15)26(28)29/h3-12H,1-2H3,(H,22,27). The summed E-state index contributed by atoms with van der Waals surface area (Å²) in [7, 11) is 0. The van der Waals surface area contributed by atoms with Gasteiger partial charge in [-0.2, -0.15) is 10.2 Å². The van der Waals surface area contributed by atoms with Crippen LogP contribution in [0.25, 0.3) is 16.7 Å². The Balaban J connectivity index is 1.54. The lowest BCUT2D eigenvalue weighted by atomic mass is 10.3. The molecule has 4 aromatic rings. The Labute approximate surface area is 164 Å². The number of nitro benzene ring substituents is 1. The maximum absolute atomic E-state index is 12.5. The highest BCUT2D eigenvalue weighted by Crippen LogP contribution is 2.20. The number of benzene rings is 1. The van der Waals surface area contributed by atoms with Crippen LogP contribution in [0.3, 0.4) is 0 Å². The highest BCUT2D eigenvalue weighted by molar-refractivity contribution is 6.03. The third kappa shape index (κ3) is 3.55. The Kier molecular flexibility index (Phi) is 4.51.